The van der Waals surface area contributed by atoms with E-state index in [1.165, 1.54) is 6.92 Å². The zero-order chi connectivity index (χ0) is 13.3. The zero-order valence-electron chi connectivity index (χ0n) is 10.2. The highest BCUT2D eigenvalue weighted by atomic mass is 32.1. The van der Waals surface area contributed by atoms with Crippen molar-refractivity contribution in [1.29, 1.82) is 0 Å². The van der Waals surface area contributed by atoms with E-state index in [1.807, 2.05) is 11.9 Å². The molecule has 0 aromatic carbocycles. The minimum Gasteiger partial charge on any atom is -0.476 e. The van der Waals surface area contributed by atoms with E-state index >= 15 is 0 Å². The molecular formula is C11H14N2O4S. The minimum absolute atomic E-state index is 0.159. The minimum atomic E-state index is -1.17. The number of aromatic carboxylic acids is 1. The molecule has 1 aliphatic heterocycles. The fourth-order valence-electron chi connectivity index (χ4n) is 1.83. The number of Topliss-reactive ketones (excluding diaryl/α,β-unsaturated/α-hetero) is 1. The van der Waals surface area contributed by atoms with Crippen molar-refractivity contribution in [2.75, 3.05) is 25.2 Å². The number of carbonyl (C=O) groups is 2. The maximum Gasteiger partial charge on any atom is 0.356 e. The summed E-state index contributed by atoms with van der Waals surface area (Å²) in [6.45, 7) is 2.65. The smallest absolute Gasteiger partial charge is 0.356 e. The van der Waals surface area contributed by atoms with Crippen molar-refractivity contribution in [3.63, 3.8) is 0 Å². The van der Waals surface area contributed by atoms with Crippen molar-refractivity contribution in [2.45, 2.75) is 19.4 Å². The van der Waals surface area contributed by atoms with Crippen LogP contribution in [0.3, 0.4) is 0 Å². The van der Waals surface area contributed by atoms with Gasteiger partial charge < -0.3 is 14.7 Å². The van der Waals surface area contributed by atoms with Gasteiger partial charge in [-0.3, -0.25) is 4.79 Å². The molecule has 1 fully saturated rings. The Bertz CT molecular complexity index is 448. The van der Waals surface area contributed by atoms with E-state index in [2.05, 4.69) is 4.98 Å². The first kappa shape index (κ1) is 13.0. The number of anilines is 1. The second-order valence-corrected chi connectivity index (χ2v) is 5.14. The van der Waals surface area contributed by atoms with Gasteiger partial charge in [0.25, 0.3) is 0 Å². The molecule has 1 aliphatic rings. The van der Waals surface area contributed by atoms with E-state index < -0.39 is 5.97 Å². The summed E-state index contributed by atoms with van der Waals surface area (Å²) in [5.41, 5.74) is -0.159. The Morgan fingerprint density at radius 1 is 1.56 bits per heavy atom. The van der Waals surface area contributed by atoms with E-state index in [4.69, 9.17) is 9.84 Å². The van der Waals surface area contributed by atoms with Crippen LogP contribution in [0.1, 0.15) is 33.5 Å². The van der Waals surface area contributed by atoms with Gasteiger partial charge in [0.2, 0.25) is 0 Å². The lowest BCUT2D eigenvalue weighted by Crippen LogP contribution is -2.31. The monoisotopic (exact) mass is 270 g/mol. The van der Waals surface area contributed by atoms with Crippen LogP contribution in [-0.2, 0) is 4.74 Å². The Morgan fingerprint density at radius 3 is 2.72 bits per heavy atom. The molecule has 1 unspecified atom stereocenters. The van der Waals surface area contributed by atoms with E-state index in [9.17, 15) is 9.59 Å². The van der Waals surface area contributed by atoms with Crippen LogP contribution in [-0.4, -0.2) is 48.1 Å². The number of nitrogens with zero attached hydrogens (tertiary/aromatic N) is 2. The number of ketones is 1. The lowest BCUT2D eigenvalue weighted by Gasteiger charge is -2.21. The first-order valence-electron chi connectivity index (χ1n) is 5.56. The fraction of sp³-hybridized carbons (Fsp3) is 0.545. The lowest BCUT2D eigenvalue weighted by molar-refractivity contribution is 0.0687. The highest BCUT2D eigenvalue weighted by Gasteiger charge is 2.26. The van der Waals surface area contributed by atoms with E-state index in [0.29, 0.717) is 18.3 Å². The highest BCUT2D eigenvalue weighted by Crippen LogP contribution is 2.29. The van der Waals surface area contributed by atoms with Gasteiger partial charge >= 0.3 is 5.97 Å². The third kappa shape index (κ3) is 2.37. The molecule has 0 saturated carbocycles. The van der Waals surface area contributed by atoms with Gasteiger partial charge in [-0.2, -0.15) is 0 Å². The molecule has 1 saturated heterocycles. The standard InChI is InChI=1S/C11H14N2O4S/c1-6(14)9-8(10(15)16)12-11(18-9)13(2)7-3-4-17-5-7/h7H,3-5H2,1-2H3,(H,15,16). The molecule has 0 radical (unpaired) electrons. The predicted molar refractivity (Wildman–Crippen MR) is 66.7 cm³/mol. The van der Waals surface area contributed by atoms with Crippen molar-refractivity contribution >= 4 is 28.2 Å². The number of carboxylic acid groups (broad SMARTS) is 1. The third-order valence-electron chi connectivity index (χ3n) is 2.89. The van der Waals surface area contributed by atoms with Crippen molar-refractivity contribution < 1.29 is 19.4 Å². The molecule has 2 rings (SSSR count). The Labute approximate surface area is 108 Å². The molecule has 2 heterocycles. The Morgan fingerprint density at radius 2 is 2.28 bits per heavy atom. The van der Waals surface area contributed by atoms with Gasteiger partial charge in [0.15, 0.2) is 16.6 Å². The number of hydrogen-bond acceptors (Lipinski definition) is 6. The molecule has 98 valence electrons. The van der Waals surface area contributed by atoms with Gasteiger partial charge in [0.05, 0.1) is 12.6 Å². The molecule has 7 heteroatoms. The van der Waals surface area contributed by atoms with Gasteiger partial charge in [0, 0.05) is 20.6 Å². The zero-order valence-corrected chi connectivity index (χ0v) is 11.0. The molecule has 1 aromatic heterocycles. The summed E-state index contributed by atoms with van der Waals surface area (Å²) in [6, 6.07) is 0.192. The Kier molecular flexibility index (Phi) is 3.63. The molecule has 0 spiro atoms. The number of carboxylic acids is 1. The summed E-state index contributed by atoms with van der Waals surface area (Å²) >= 11 is 1.12. The third-order valence-corrected chi connectivity index (χ3v) is 4.14. The summed E-state index contributed by atoms with van der Waals surface area (Å²) < 4.78 is 5.28. The maximum atomic E-state index is 11.4. The first-order valence-corrected chi connectivity index (χ1v) is 6.38. The SMILES string of the molecule is CC(=O)c1sc(N(C)C2CCOC2)nc1C(=O)O. The summed E-state index contributed by atoms with van der Waals surface area (Å²) in [4.78, 5) is 28.6. The number of hydrogen-bond donors (Lipinski definition) is 1. The highest BCUT2D eigenvalue weighted by molar-refractivity contribution is 7.17. The first-order chi connectivity index (χ1) is 8.50. The quantitative estimate of drug-likeness (QED) is 0.830. The molecule has 0 aliphatic carbocycles. The Balaban J connectivity index is 2.31. The van der Waals surface area contributed by atoms with Gasteiger partial charge in [-0.15, -0.1) is 0 Å². The predicted octanol–water partition coefficient (Wildman–Crippen LogP) is 1.27. The average molecular weight is 270 g/mol. The number of ether oxygens (including phenoxy) is 1. The Hall–Kier alpha value is -1.47. The molecule has 6 nitrogen and oxygen atoms in total. The van der Waals surface area contributed by atoms with Gasteiger partial charge in [-0.25, -0.2) is 9.78 Å². The summed E-state index contributed by atoms with van der Waals surface area (Å²) in [5, 5.41) is 9.57. The van der Waals surface area contributed by atoms with Crippen LogP contribution in [0.2, 0.25) is 0 Å². The lowest BCUT2D eigenvalue weighted by atomic mass is 10.2. The van der Waals surface area contributed by atoms with Crippen LogP contribution < -0.4 is 4.90 Å². The fourth-order valence-corrected chi connectivity index (χ4v) is 2.81. The average Bonchev–Trinajstić information content (AvgIpc) is 2.97. The topological polar surface area (TPSA) is 79.7 Å². The molecular weight excluding hydrogens is 256 g/mol. The van der Waals surface area contributed by atoms with Crippen molar-refractivity contribution in [3.05, 3.63) is 10.6 Å². The van der Waals surface area contributed by atoms with Crippen molar-refractivity contribution in [3.8, 4) is 0 Å². The van der Waals surface area contributed by atoms with Crippen molar-refractivity contribution in [2.24, 2.45) is 0 Å². The molecule has 1 atom stereocenters. The summed E-state index contributed by atoms with van der Waals surface area (Å²) in [5.74, 6) is -1.44. The number of rotatable bonds is 4. The largest absolute Gasteiger partial charge is 0.476 e. The number of thiazole rings is 1. The summed E-state index contributed by atoms with van der Waals surface area (Å²) in [7, 11) is 1.84. The van der Waals surface area contributed by atoms with Crippen LogP contribution in [0.15, 0.2) is 0 Å². The summed E-state index contributed by atoms with van der Waals surface area (Å²) in [6.07, 6.45) is 0.883. The second kappa shape index (κ2) is 5.03. The normalized spacial score (nSPS) is 18.9. The molecule has 18 heavy (non-hydrogen) atoms. The van der Waals surface area contributed by atoms with Crippen LogP contribution >= 0.6 is 11.3 Å². The van der Waals surface area contributed by atoms with Gasteiger partial charge in [0.1, 0.15) is 4.88 Å². The van der Waals surface area contributed by atoms with Crippen LogP contribution in [0.4, 0.5) is 5.13 Å². The van der Waals surface area contributed by atoms with E-state index in [0.717, 1.165) is 17.8 Å². The molecule has 1 N–H and O–H groups in total. The second-order valence-electron chi connectivity index (χ2n) is 4.16. The van der Waals surface area contributed by atoms with Crippen LogP contribution in [0, 0.1) is 0 Å². The van der Waals surface area contributed by atoms with Crippen LogP contribution in [0.5, 0.6) is 0 Å². The van der Waals surface area contributed by atoms with E-state index in [1.54, 1.807) is 0 Å². The van der Waals surface area contributed by atoms with Gasteiger partial charge in [-0.1, -0.05) is 11.3 Å². The van der Waals surface area contributed by atoms with Crippen molar-refractivity contribution in [1.82, 2.24) is 4.98 Å². The van der Waals surface area contributed by atoms with Crippen LogP contribution in [0.25, 0.3) is 0 Å². The molecule has 1 aromatic rings. The molecule has 0 amide bonds. The number of aromatic nitrogens is 1. The number of carbonyl (C=O) groups excluding carboxylic acids is 1. The van der Waals surface area contributed by atoms with E-state index in [-0.39, 0.29) is 22.4 Å². The number of likely N-dealkylation sites (N-methyl/N-ethyl adjacent to an activating group) is 1. The van der Waals surface area contributed by atoms with Gasteiger partial charge in [-0.05, 0) is 6.42 Å². The maximum absolute atomic E-state index is 11.4. The molecule has 0 bridgehead atoms.